The van der Waals surface area contributed by atoms with E-state index >= 15 is 0 Å². The zero-order valence-electron chi connectivity index (χ0n) is 36.0. The van der Waals surface area contributed by atoms with E-state index in [1.165, 1.54) is 41.0 Å². The highest BCUT2D eigenvalue weighted by Gasteiger charge is 2.50. The molecule has 16 nitrogen and oxygen atoms in total. The van der Waals surface area contributed by atoms with Gasteiger partial charge in [-0.1, -0.05) is 23.7 Å². The molecule has 2 bridgehead atoms. The quantitative estimate of drug-likeness (QED) is 0.193. The number of nitrogens with one attached hydrogen (secondary N) is 3. The van der Waals surface area contributed by atoms with Crippen LogP contribution in [0, 0.1) is 18.3 Å². The number of anilines is 4. The number of aryl methyl sites for hydroxylation is 1. The molecule has 6 fully saturated rings. The van der Waals surface area contributed by atoms with Crippen molar-refractivity contribution in [3.05, 3.63) is 69.8 Å². The lowest BCUT2D eigenvalue weighted by Gasteiger charge is -2.53. The van der Waals surface area contributed by atoms with Crippen molar-refractivity contribution in [1.82, 2.24) is 44.9 Å². The summed E-state index contributed by atoms with van der Waals surface area (Å²) in [6.07, 6.45) is 11.6. The Labute approximate surface area is 371 Å². The Bertz CT molecular complexity index is 2530. The van der Waals surface area contributed by atoms with Gasteiger partial charge in [0.05, 0.1) is 28.3 Å². The van der Waals surface area contributed by atoms with E-state index in [0.29, 0.717) is 64.3 Å². The minimum absolute atomic E-state index is 0.127. The van der Waals surface area contributed by atoms with E-state index in [9.17, 15) is 19.2 Å². The molecule has 7 aliphatic rings. The van der Waals surface area contributed by atoms with Gasteiger partial charge in [0.15, 0.2) is 17.2 Å². The van der Waals surface area contributed by atoms with Crippen molar-refractivity contribution in [2.24, 2.45) is 11.3 Å². The Morgan fingerprint density at radius 2 is 1.75 bits per heavy atom. The summed E-state index contributed by atoms with van der Waals surface area (Å²) in [5, 5.41) is 14.1. The summed E-state index contributed by atoms with van der Waals surface area (Å²) in [6, 6.07) is 11.2. The van der Waals surface area contributed by atoms with E-state index < -0.39 is 6.03 Å². The van der Waals surface area contributed by atoms with E-state index in [1.807, 2.05) is 18.0 Å². The van der Waals surface area contributed by atoms with Crippen molar-refractivity contribution < 1.29 is 19.2 Å². The van der Waals surface area contributed by atoms with Gasteiger partial charge < -0.3 is 20.4 Å². The van der Waals surface area contributed by atoms with Gasteiger partial charge in [-0.05, 0) is 99.3 Å². The van der Waals surface area contributed by atoms with Gasteiger partial charge in [-0.2, -0.15) is 0 Å². The Hall–Kier alpha value is -5.32. The lowest BCUT2D eigenvalue weighted by molar-refractivity contribution is -0.120. The molecule has 3 aromatic heterocycles. The third-order valence-electron chi connectivity index (χ3n) is 15.4. The molecule has 5 aliphatic heterocycles. The number of amides is 5. The largest absolute Gasteiger partial charge is 0.385 e. The highest BCUT2D eigenvalue weighted by molar-refractivity contribution is 6.34. The molecule has 5 amide bonds. The summed E-state index contributed by atoms with van der Waals surface area (Å²) in [7, 11) is 1.88. The molecule has 1 aromatic carbocycles. The van der Waals surface area contributed by atoms with Gasteiger partial charge in [0.25, 0.3) is 11.8 Å². The van der Waals surface area contributed by atoms with Crippen LogP contribution in [0.15, 0.2) is 36.5 Å². The number of likely N-dealkylation sites (tertiary alicyclic amines) is 3. The summed E-state index contributed by atoms with van der Waals surface area (Å²) >= 11 is 6.55. The average molecular weight is 875 g/mol. The van der Waals surface area contributed by atoms with Gasteiger partial charge in [0, 0.05) is 95.7 Å². The summed E-state index contributed by atoms with van der Waals surface area (Å²) in [5.41, 5.74) is 7.39. The second kappa shape index (κ2) is 15.7. The van der Waals surface area contributed by atoms with Gasteiger partial charge in [0.1, 0.15) is 5.69 Å². The Morgan fingerprint density at radius 1 is 0.968 bits per heavy atom. The maximum atomic E-state index is 13.7. The van der Waals surface area contributed by atoms with E-state index in [2.05, 4.69) is 58.8 Å². The van der Waals surface area contributed by atoms with Crippen LogP contribution in [0.3, 0.4) is 0 Å². The smallest absolute Gasteiger partial charge is 0.328 e. The number of benzene rings is 1. The van der Waals surface area contributed by atoms with Crippen LogP contribution in [-0.4, -0.2) is 129 Å². The number of hydrogen-bond acceptors (Lipinski definition) is 11. The summed E-state index contributed by atoms with van der Waals surface area (Å²) in [4.78, 5) is 71.4. The monoisotopic (exact) mass is 874 g/mol. The summed E-state index contributed by atoms with van der Waals surface area (Å²) in [6.45, 7) is 8.50. The van der Waals surface area contributed by atoms with Crippen LogP contribution >= 0.6 is 11.6 Å². The lowest BCUT2D eigenvalue weighted by Crippen LogP contribution is -2.53. The van der Waals surface area contributed by atoms with E-state index in [0.717, 1.165) is 82.8 Å². The number of carbonyl (C=O) groups is 4. The van der Waals surface area contributed by atoms with Crippen molar-refractivity contribution in [1.29, 1.82) is 0 Å². The predicted molar refractivity (Wildman–Crippen MR) is 239 cm³/mol. The molecule has 63 heavy (non-hydrogen) atoms. The van der Waals surface area contributed by atoms with Crippen molar-refractivity contribution >= 4 is 63.9 Å². The molecule has 2 saturated carbocycles. The van der Waals surface area contributed by atoms with Crippen molar-refractivity contribution in [2.45, 2.75) is 95.8 Å². The normalized spacial score (nSPS) is 23.6. The fraction of sp³-hybridized carbons (Fsp3) is 0.543. The van der Waals surface area contributed by atoms with Crippen LogP contribution in [0.4, 0.5) is 27.7 Å². The molecule has 4 aromatic rings. The molecule has 0 radical (unpaired) electrons. The lowest BCUT2D eigenvalue weighted by atomic mass is 9.57. The molecule has 2 atom stereocenters. The highest BCUT2D eigenvalue weighted by Crippen LogP contribution is 2.53. The maximum absolute atomic E-state index is 13.7. The Morgan fingerprint density at radius 3 is 2.48 bits per heavy atom. The first kappa shape index (κ1) is 40.5. The number of urea groups is 1. The van der Waals surface area contributed by atoms with Crippen LogP contribution in [0.5, 0.6) is 0 Å². The predicted octanol–water partition coefficient (Wildman–Crippen LogP) is 5.14. The summed E-state index contributed by atoms with van der Waals surface area (Å²) in [5.74, 6) is 0.907. The first-order valence-corrected chi connectivity index (χ1v) is 23.2. The van der Waals surface area contributed by atoms with Gasteiger partial charge in [-0.15, -0.1) is 5.10 Å². The van der Waals surface area contributed by atoms with Crippen LogP contribution < -0.4 is 25.8 Å². The van der Waals surface area contributed by atoms with Gasteiger partial charge >= 0.3 is 6.03 Å². The maximum Gasteiger partial charge on any atom is 0.328 e. The SMILES string of the molecule is CNc1cc(N2CCc3c(CN4CC5CC4CN5CC4CC5(CCN(C(=O)c6cc(N7CCC(=O)NC7=O)c(Cl)c(C)n6)CC5)C4)cccc32)nn2c(C(=O)NC3CCC3)cnc12. The molecule has 17 heteroatoms. The number of fused-ring (bicyclic) bond motifs is 4. The third kappa shape index (κ3) is 7.18. The highest BCUT2D eigenvalue weighted by atomic mass is 35.5. The number of rotatable bonds is 10. The van der Waals surface area contributed by atoms with Crippen LogP contribution in [0.1, 0.15) is 95.6 Å². The topological polar surface area (TPSA) is 164 Å². The first-order chi connectivity index (χ1) is 30.5. The zero-order valence-corrected chi connectivity index (χ0v) is 36.8. The fourth-order valence-corrected chi connectivity index (χ4v) is 11.9. The molecule has 2 unspecified atom stereocenters. The number of nitrogens with zero attached hydrogens (tertiary/aromatic N) is 9. The number of imidazole rings is 1. The van der Waals surface area contributed by atoms with Crippen molar-refractivity contribution in [3.63, 3.8) is 0 Å². The first-order valence-electron chi connectivity index (χ1n) is 22.8. The number of imide groups is 1. The summed E-state index contributed by atoms with van der Waals surface area (Å²) < 4.78 is 1.70. The number of halogens is 1. The molecule has 330 valence electrons. The molecule has 3 N–H and O–H groups in total. The molecular weight excluding hydrogens is 820 g/mol. The number of aromatic nitrogens is 4. The van der Waals surface area contributed by atoms with Gasteiger partial charge in [0.2, 0.25) is 5.91 Å². The minimum atomic E-state index is -0.538. The van der Waals surface area contributed by atoms with E-state index in [4.69, 9.17) is 16.7 Å². The van der Waals surface area contributed by atoms with Crippen LogP contribution in [0.2, 0.25) is 5.02 Å². The average Bonchev–Trinajstić information content (AvgIpc) is 4.06. The van der Waals surface area contributed by atoms with Crippen LogP contribution in [0.25, 0.3) is 5.65 Å². The van der Waals surface area contributed by atoms with E-state index in [-0.39, 0.29) is 42.4 Å². The number of hydrogen-bond donors (Lipinski definition) is 3. The van der Waals surface area contributed by atoms with Gasteiger partial charge in [-0.25, -0.2) is 19.3 Å². The fourth-order valence-electron chi connectivity index (χ4n) is 11.7. The Kier molecular flexibility index (Phi) is 10.1. The Balaban J connectivity index is 0.684. The van der Waals surface area contributed by atoms with Gasteiger partial charge in [-0.3, -0.25) is 34.4 Å². The zero-order chi connectivity index (χ0) is 43.1. The van der Waals surface area contributed by atoms with Crippen molar-refractivity contribution in [2.75, 3.05) is 68.0 Å². The molecule has 1 spiro atoms. The van der Waals surface area contributed by atoms with Crippen LogP contribution in [-0.2, 0) is 17.8 Å². The third-order valence-corrected chi connectivity index (χ3v) is 15.8. The minimum Gasteiger partial charge on any atom is -0.385 e. The molecule has 11 rings (SSSR count). The molecule has 8 heterocycles. The standard InChI is InChI=1S/C46H55ClN12O4/c1-27-41(47)37(58-14-10-40(60)52-45(58)63)18-35(50-27)44(62)54-15-11-46(12-16-54)20-28(21-46)23-55-25-32-17-31(55)26-56(32)24-29-5-3-8-36-33(29)9-13-57(36)39-19-34(48-2)42-49-22-38(59(42)53-39)43(61)51-30-6-4-7-30/h3,5,8,18-19,22,28,30-32,48H,4,6-7,9-17,20-21,23-26H2,1-2H3,(H,51,61)(H,52,60,63). The number of piperidine rings is 1. The number of pyridine rings is 1. The molecule has 4 saturated heterocycles. The van der Waals surface area contributed by atoms with E-state index in [1.54, 1.807) is 23.7 Å². The number of piperazine rings is 1. The second-order valence-electron chi connectivity index (χ2n) is 19.1. The van der Waals surface area contributed by atoms with Crippen molar-refractivity contribution in [3.8, 4) is 0 Å². The second-order valence-corrected chi connectivity index (χ2v) is 19.5. The number of carbonyl (C=O) groups excluding carboxylic acids is 4. The molecular formula is C46H55ClN12O4. The molecule has 2 aliphatic carbocycles.